The first-order valence-electron chi connectivity index (χ1n) is 6.28. The van der Waals surface area contributed by atoms with E-state index in [9.17, 15) is 4.79 Å². The molecule has 5 heteroatoms. The van der Waals surface area contributed by atoms with Gasteiger partial charge in [0.2, 0.25) is 0 Å². The quantitative estimate of drug-likeness (QED) is 0.711. The van der Waals surface area contributed by atoms with Gasteiger partial charge in [-0.05, 0) is 18.2 Å². The van der Waals surface area contributed by atoms with E-state index in [2.05, 4.69) is 10.2 Å². The van der Waals surface area contributed by atoms with Crippen molar-refractivity contribution in [2.75, 3.05) is 0 Å². The van der Waals surface area contributed by atoms with E-state index in [1.54, 1.807) is 19.3 Å². The van der Waals surface area contributed by atoms with Crippen molar-refractivity contribution in [1.29, 1.82) is 0 Å². The first-order valence-corrected chi connectivity index (χ1v) is 6.28. The Morgan fingerprint density at radius 2 is 1.75 bits per heavy atom. The molecule has 20 heavy (non-hydrogen) atoms. The van der Waals surface area contributed by atoms with Crippen molar-refractivity contribution >= 4 is 0 Å². The molecule has 0 unspecified atom stereocenters. The smallest absolute Gasteiger partial charge is 0.266 e. The van der Waals surface area contributed by atoms with Crippen LogP contribution in [-0.4, -0.2) is 19.6 Å². The van der Waals surface area contributed by atoms with E-state index in [0.717, 1.165) is 22.5 Å². The Labute approximate surface area is 116 Å². The largest absolute Gasteiger partial charge is 0.268 e. The van der Waals surface area contributed by atoms with E-state index in [-0.39, 0.29) is 5.56 Å². The lowest BCUT2D eigenvalue weighted by Gasteiger charge is -2.06. The zero-order chi connectivity index (χ0) is 14.1. The van der Waals surface area contributed by atoms with Gasteiger partial charge >= 0.3 is 0 Å². The minimum atomic E-state index is -0.114. The lowest BCUT2D eigenvalue weighted by atomic mass is 10.1. The summed E-state index contributed by atoms with van der Waals surface area (Å²) in [6.45, 7) is 0. The van der Waals surface area contributed by atoms with Crippen molar-refractivity contribution in [1.82, 2.24) is 19.6 Å². The number of hydrogen-bond acceptors (Lipinski definition) is 3. The molecule has 0 aliphatic carbocycles. The van der Waals surface area contributed by atoms with Gasteiger partial charge in [0.1, 0.15) is 0 Å². The molecule has 5 nitrogen and oxygen atoms in total. The summed E-state index contributed by atoms with van der Waals surface area (Å²) in [4.78, 5) is 11.4. The molecule has 0 fully saturated rings. The lowest BCUT2D eigenvalue weighted by molar-refractivity contribution is 0.712. The van der Waals surface area contributed by atoms with Gasteiger partial charge in [0.15, 0.2) is 0 Å². The maximum atomic E-state index is 11.4. The molecule has 0 saturated carbocycles. The summed E-state index contributed by atoms with van der Waals surface area (Å²) in [6, 6.07) is 13.3. The highest BCUT2D eigenvalue weighted by molar-refractivity contribution is 5.69. The maximum absolute atomic E-state index is 11.4. The van der Waals surface area contributed by atoms with Gasteiger partial charge in [0.05, 0.1) is 11.4 Å². The average molecular weight is 266 g/mol. The summed E-state index contributed by atoms with van der Waals surface area (Å²) < 4.78 is 3.17. The molecule has 0 amide bonds. The SMILES string of the molecule is Cn1nccc1-c1cccc(-c2ccc(=O)n(C)n2)c1. The first kappa shape index (κ1) is 12.3. The second-order valence-electron chi connectivity index (χ2n) is 4.60. The summed E-state index contributed by atoms with van der Waals surface area (Å²) in [7, 11) is 3.56. The molecule has 3 rings (SSSR count). The molecule has 3 aromatic rings. The van der Waals surface area contributed by atoms with E-state index in [0.29, 0.717) is 0 Å². The predicted molar refractivity (Wildman–Crippen MR) is 77.1 cm³/mol. The number of nitrogens with zero attached hydrogens (tertiary/aromatic N) is 4. The summed E-state index contributed by atoms with van der Waals surface area (Å²) >= 11 is 0. The number of benzene rings is 1. The fourth-order valence-corrected chi connectivity index (χ4v) is 2.15. The number of hydrogen-bond donors (Lipinski definition) is 0. The molecule has 2 heterocycles. The number of aromatic nitrogens is 4. The zero-order valence-electron chi connectivity index (χ0n) is 11.3. The molecule has 1 aromatic carbocycles. The van der Waals surface area contributed by atoms with Crippen LogP contribution in [0.4, 0.5) is 0 Å². The third kappa shape index (κ3) is 2.14. The Balaban J connectivity index is 2.09. The molecular weight excluding hydrogens is 252 g/mol. The van der Waals surface area contributed by atoms with Crippen LogP contribution in [-0.2, 0) is 14.1 Å². The Morgan fingerprint density at radius 1 is 0.950 bits per heavy atom. The van der Waals surface area contributed by atoms with Crippen LogP contribution in [0.25, 0.3) is 22.5 Å². The maximum Gasteiger partial charge on any atom is 0.266 e. The van der Waals surface area contributed by atoms with E-state index < -0.39 is 0 Å². The normalized spacial score (nSPS) is 10.7. The third-order valence-corrected chi connectivity index (χ3v) is 3.24. The van der Waals surface area contributed by atoms with Crippen molar-refractivity contribution in [3.8, 4) is 22.5 Å². The number of aryl methyl sites for hydroxylation is 2. The molecule has 0 N–H and O–H groups in total. The van der Waals surface area contributed by atoms with Crippen molar-refractivity contribution in [2.24, 2.45) is 14.1 Å². The van der Waals surface area contributed by atoms with Gasteiger partial charge < -0.3 is 0 Å². The van der Waals surface area contributed by atoms with Crippen molar-refractivity contribution in [3.63, 3.8) is 0 Å². The van der Waals surface area contributed by atoms with Gasteiger partial charge in [0.25, 0.3) is 5.56 Å². The summed E-state index contributed by atoms with van der Waals surface area (Å²) in [5.41, 5.74) is 3.74. The van der Waals surface area contributed by atoms with E-state index in [4.69, 9.17) is 0 Å². The number of rotatable bonds is 2. The highest BCUT2D eigenvalue weighted by atomic mass is 16.1. The van der Waals surface area contributed by atoms with E-state index >= 15 is 0 Å². The minimum absolute atomic E-state index is 0.114. The average Bonchev–Trinajstić information content (AvgIpc) is 2.88. The monoisotopic (exact) mass is 266 g/mol. The van der Waals surface area contributed by atoms with Crippen LogP contribution in [0.3, 0.4) is 0 Å². The van der Waals surface area contributed by atoms with Crippen LogP contribution in [0.2, 0.25) is 0 Å². The van der Waals surface area contributed by atoms with Crippen LogP contribution < -0.4 is 5.56 Å². The second-order valence-corrected chi connectivity index (χ2v) is 4.60. The second kappa shape index (κ2) is 4.77. The molecule has 0 aliphatic heterocycles. The molecule has 2 aromatic heterocycles. The first-order chi connectivity index (χ1) is 9.65. The van der Waals surface area contributed by atoms with Crippen molar-refractivity contribution in [2.45, 2.75) is 0 Å². The van der Waals surface area contributed by atoms with Crippen molar-refractivity contribution < 1.29 is 0 Å². The van der Waals surface area contributed by atoms with Crippen LogP contribution in [0, 0.1) is 0 Å². The Kier molecular flexibility index (Phi) is 2.95. The zero-order valence-corrected chi connectivity index (χ0v) is 11.3. The van der Waals surface area contributed by atoms with E-state index in [1.165, 1.54) is 10.7 Å². The Hall–Kier alpha value is -2.69. The summed E-state index contributed by atoms with van der Waals surface area (Å²) in [5, 5.41) is 8.45. The molecule has 0 radical (unpaired) electrons. The topological polar surface area (TPSA) is 52.7 Å². The van der Waals surface area contributed by atoms with Crippen LogP contribution >= 0.6 is 0 Å². The lowest BCUT2D eigenvalue weighted by Crippen LogP contribution is -2.18. The fraction of sp³-hybridized carbons (Fsp3) is 0.133. The standard InChI is InChI=1S/C15H14N4O/c1-18-14(8-9-16-18)12-5-3-4-11(10-12)13-6-7-15(20)19(2)17-13/h3-10H,1-2H3. The van der Waals surface area contributed by atoms with E-state index in [1.807, 2.05) is 42.1 Å². The highest BCUT2D eigenvalue weighted by Gasteiger charge is 2.06. The van der Waals surface area contributed by atoms with Gasteiger partial charge in [-0.2, -0.15) is 10.2 Å². The van der Waals surface area contributed by atoms with Gasteiger partial charge in [-0.3, -0.25) is 9.48 Å². The molecule has 0 aliphatic rings. The summed E-state index contributed by atoms with van der Waals surface area (Å²) in [6.07, 6.45) is 1.77. The van der Waals surface area contributed by atoms with Gasteiger partial charge in [-0.1, -0.05) is 18.2 Å². The predicted octanol–water partition coefficient (Wildman–Crippen LogP) is 1.85. The minimum Gasteiger partial charge on any atom is -0.268 e. The molecule has 0 spiro atoms. The Morgan fingerprint density at radius 3 is 2.45 bits per heavy atom. The van der Waals surface area contributed by atoms with Crippen LogP contribution in [0.15, 0.2) is 53.5 Å². The third-order valence-electron chi connectivity index (χ3n) is 3.24. The van der Waals surface area contributed by atoms with Crippen molar-refractivity contribution in [3.05, 3.63) is 59.0 Å². The van der Waals surface area contributed by atoms with Crippen LogP contribution in [0.1, 0.15) is 0 Å². The molecule has 0 bridgehead atoms. The van der Waals surface area contributed by atoms with Gasteiger partial charge in [0, 0.05) is 37.5 Å². The van der Waals surface area contributed by atoms with Gasteiger partial charge in [-0.25, -0.2) is 4.68 Å². The molecular formula is C15H14N4O. The van der Waals surface area contributed by atoms with Gasteiger partial charge in [-0.15, -0.1) is 0 Å². The highest BCUT2D eigenvalue weighted by Crippen LogP contribution is 2.24. The fourth-order valence-electron chi connectivity index (χ4n) is 2.15. The summed E-state index contributed by atoms with van der Waals surface area (Å²) in [5.74, 6) is 0. The molecule has 100 valence electrons. The molecule has 0 atom stereocenters. The Bertz CT molecular complexity index is 816. The van der Waals surface area contributed by atoms with Crippen LogP contribution in [0.5, 0.6) is 0 Å². The molecule has 0 saturated heterocycles.